The molecule has 42 heavy (non-hydrogen) atoms. The largest absolute Gasteiger partial charge is 0.445 e. The van der Waals surface area contributed by atoms with E-state index in [1.807, 2.05) is 80.3 Å². The van der Waals surface area contributed by atoms with Gasteiger partial charge in [0.2, 0.25) is 17.7 Å². The lowest BCUT2D eigenvalue weighted by atomic mass is 9.96. The van der Waals surface area contributed by atoms with Crippen molar-refractivity contribution in [1.82, 2.24) is 20.4 Å². The summed E-state index contributed by atoms with van der Waals surface area (Å²) in [5.74, 6) is 0.0358. The molecule has 0 unspecified atom stereocenters. The third kappa shape index (κ3) is 8.81. The minimum absolute atomic E-state index is 0.00972. The SMILES string of the molecule is Cc1ccc(CN2C(=O)CC[C@H]2C(=O)N2CCC[C@@H](CNC(=O)[C@H](CC(C)C)NC(=O)OCc3ccccc3)C2)cc1. The van der Waals surface area contributed by atoms with Crippen LogP contribution >= 0.6 is 0 Å². The number of aryl methyl sites for hydroxylation is 1. The molecular weight excluding hydrogens is 532 g/mol. The molecule has 2 aliphatic rings. The minimum Gasteiger partial charge on any atom is -0.445 e. The maximum absolute atomic E-state index is 13.6. The molecule has 2 aromatic rings. The van der Waals surface area contributed by atoms with Crippen molar-refractivity contribution in [1.29, 1.82) is 0 Å². The topological polar surface area (TPSA) is 108 Å². The normalized spacial score (nSPS) is 19.5. The predicted molar refractivity (Wildman–Crippen MR) is 160 cm³/mol. The predicted octanol–water partition coefficient (Wildman–Crippen LogP) is 4.18. The smallest absolute Gasteiger partial charge is 0.408 e. The summed E-state index contributed by atoms with van der Waals surface area (Å²) in [7, 11) is 0. The first-order valence-corrected chi connectivity index (χ1v) is 15.1. The van der Waals surface area contributed by atoms with Crippen molar-refractivity contribution in [3.63, 3.8) is 0 Å². The van der Waals surface area contributed by atoms with Crippen LogP contribution in [0, 0.1) is 18.8 Å². The quantitative estimate of drug-likeness (QED) is 0.417. The van der Waals surface area contributed by atoms with Gasteiger partial charge in [-0.2, -0.15) is 0 Å². The highest BCUT2D eigenvalue weighted by atomic mass is 16.5. The molecule has 2 aliphatic heterocycles. The highest BCUT2D eigenvalue weighted by molar-refractivity contribution is 5.91. The Bertz CT molecular complexity index is 1220. The second kappa shape index (κ2) is 14.8. The van der Waals surface area contributed by atoms with Crippen LogP contribution in [-0.2, 0) is 32.3 Å². The summed E-state index contributed by atoms with van der Waals surface area (Å²) < 4.78 is 5.33. The fraction of sp³-hybridized carbons (Fsp3) is 0.515. The van der Waals surface area contributed by atoms with Crippen LogP contribution in [0.15, 0.2) is 54.6 Å². The standard InChI is InChI=1S/C33H44N4O5/c1-23(2)18-28(35-33(41)42-22-26-8-5-4-6-9-26)31(39)34-19-27-10-7-17-36(20-27)32(40)29-15-16-30(38)37(29)21-25-13-11-24(3)12-14-25/h4-6,8-9,11-14,23,27-29H,7,10,15-22H2,1-3H3,(H,34,39)(H,35,41)/t27-,28-,29-/m0/s1. The van der Waals surface area contributed by atoms with Crippen LogP contribution in [0.2, 0.25) is 0 Å². The number of hydrogen-bond donors (Lipinski definition) is 2. The lowest BCUT2D eigenvalue weighted by molar-refractivity contribution is -0.143. The maximum Gasteiger partial charge on any atom is 0.408 e. The molecule has 226 valence electrons. The molecule has 2 N–H and O–H groups in total. The van der Waals surface area contributed by atoms with Gasteiger partial charge in [0, 0.05) is 32.6 Å². The Labute approximate surface area is 249 Å². The number of benzene rings is 2. The molecule has 4 rings (SSSR count). The number of ether oxygens (including phenoxy) is 1. The summed E-state index contributed by atoms with van der Waals surface area (Å²) in [4.78, 5) is 55.4. The van der Waals surface area contributed by atoms with Gasteiger partial charge in [-0.05, 0) is 55.6 Å². The van der Waals surface area contributed by atoms with E-state index in [9.17, 15) is 19.2 Å². The summed E-state index contributed by atoms with van der Waals surface area (Å²) in [5.41, 5.74) is 3.04. The molecule has 2 aromatic carbocycles. The van der Waals surface area contributed by atoms with Crippen molar-refractivity contribution in [2.75, 3.05) is 19.6 Å². The molecule has 0 bridgehead atoms. The van der Waals surface area contributed by atoms with Crippen molar-refractivity contribution >= 4 is 23.8 Å². The maximum atomic E-state index is 13.6. The number of rotatable bonds is 11. The molecule has 2 saturated heterocycles. The summed E-state index contributed by atoms with van der Waals surface area (Å²) in [6.45, 7) is 8.17. The number of nitrogens with one attached hydrogen (secondary N) is 2. The molecule has 2 fully saturated rings. The Balaban J connectivity index is 1.28. The zero-order valence-corrected chi connectivity index (χ0v) is 25.0. The molecule has 4 amide bonds. The number of amides is 4. The zero-order chi connectivity index (χ0) is 30.1. The minimum atomic E-state index is -0.713. The van der Waals surface area contributed by atoms with Crippen molar-refractivity contribution in [2.45, 2.75) is 78.1 Å². The number of carbonyl (C=O) groups excluding carboxylic acids is 4. The number of hydrogen-bond acceptors (Lipinski definition) is 5. The first-order valence-electron chi connectivity index (χ1n) is 15.1. The Kier molecular flexibility index (Phi) is 11.0. The van der Waals surface area contributed by atoms with Gasteiger partial charge in [0.05, 0.1) is 0 Å². The average Bonchev–Trinajstić information content (AvgIpc) is 3.35. The van der Waals surface area contributed by atoms with E-state index in [0.717, 1.165) is 29.5 Å². The summed E-state index contributed by atoms with van der Waals surface area (Å²) in [6.07, 6.45) is 2.49. The van der Waals surface area contributed by atoms with Crippen LogP contribution in [0.3, 0.4) is 0 Å². The van der Waals surface area contributed by atoms with E-state index >= 15 is 0 Å². The number of nitrogens with zero attached hydrogens (tertiary/aromatic N) is 2. The second-order valence-corrected chi connectivity index (χ2v) is 12.0. The van der Waals surface area contributed by atoms with Crippen LogP contribution in [0.25, 0.3) is 0 Å². The Hall–Kier alpha value is -3.88. The van der Waals surface area contributed by atoms with Crippen molar-refractivity contribution in [2.24, 2.45) is 11.8 Å². The van der Waals surface area contributed by atoms with Crippen LogP contribution in [-0.4, -0.2) is 65.3 Å². The van der Waals surface area contributed by atoms with Gasteiger partial charge < -0.3 is 25.2 Å². The lowest BCUT2D eigenvalue weighted by Crippen LogP contribution is -2.52. The van der Waals surface area contributed by atoms with Crippen molar-refractivity contribution in [3.8, 4) is 0 Å². The van der Waals surface area contributed by atoms with Gasteiger partial charge in [0.1, 0.15) is 18.7 Å². The number of likely N-dealkylation sites (tertiary alicyclic amines) is 2. The Morgan fingerprint density at radius 1 is 1.00 bits per heavy atom. The van der Waals surface area contributed by atoms with Crippen LogP contribution in [0.4, 0.5) is 4.79 Å². The Morgan fingerprint density at radius 3 is 2.45 bits per heavy atom. The molecule has 0 aromatic heterocycles. The molecule has 0 radical (unpaired) electrons. The van der Waals surface area contributed by atoms with E-state index in [1.165, 1.54) is 0 Å². The summed E-state index contributed by atoms with van der Waals surface area (Å²) in [5, 5.41) is 5.73. The van der Waals surface area contributed by atoms with Crippen LogP contribution < -0.4 is 10.6 Å². The first kappa shape index (κ1) is 31.1. The fourth-order valence-corrected chi connectivity index (χ4v) is 5.70. The van der Waals surface area contributed by atoms with Crippen LogP contribution in [0.1, 0.15) is 62.6 Å². The molecule has 0 spiro atoms. The summed E-state index contributed by atoms with van der Waals surface area (Å²) >= 11 is 0. The van der Waals surface area contributed by atoms with Crippen LogP contribution in [0.5, 0.6) is 0 Å². The Morgan fingerprint density at radius 2 is 1.74 bits per heavy atom. The van der Waals surface area contributed by atoms with E-state index in [4.69, 9.17) is 4.74 Å². The van der Waals surface area contributed by atoms with Gasteiger partial charge in [0.25, 0.3) is 0 Å². The number of alkyl carbamates (subject to hydrolysis) is 1. The van der Waals surface area contributed by atoms with Gasteiger partial charge in [-0.1, -0.05) is 74.0 Å². The molecular formula is C33H44N4O5. The molecule has 2 heterocycles. The third-order valence-electron chi connectivity index (χ3n) is 8.01. The highest BCUT2D eigenvalue weighted by Gasteiger charge is 2.39. The van der Waals surface area contributed by atoms with E-state index < -0.39 is 18.2 Å². The third-order valence-corrected chi connectivity index (χ3v) is 8.01. The lowest BCUT2D eigenvalue weighted by Gasteiger charge is -2.36. The fourth-order valence-electron chi connectivity index (χ4n) is 5.70. The molecule has 3 atom stereocenters. The van der Waals surface area contributed by atoms with Crippen molar-refractivity contribution in [3.05, 3.63) is 71.3 Å². The van der Waals surface area contributed by atoms with E-state index in [1.54, 1.807) is 4.90 Å². The van der Waals surface area contributed by atoms with Gasteiger partial charge in [0.15, 0.2) is 0 Å². The molecule has 0 aliphatic carbocycles. The van der Waals surface area contributed by atoms with Gasteiger partial charge in [-0.25, -0.2) is 4.79 Å². The molecule has 9 nitrogen and oxygen atoms in total. The van der Waals surface area contributed by atoms with Gasteiger partial charge >= 0.3 is 6.09 Å². The highest BCUT2D eigenvalue weighted by Crippen LogP contribution is 2.26. The number of carbonyl (C=O) groups is 4. The summed E-state index contributed by atoms with van der Waals surface area (Å²) in [6, 6.07) is 16.3. The molecule has 9 heteroatoms. The zero-order valence-electron chi connectivity index (χ0n) is 25.0. The van der Waals surface area contributed by atoms with Crippen molar-refractivity contribution < 1.29 is 23.9 Å². The van der Waals surface area contributed by atoms with E-state index in [-0.39, 0.29) is 36.2 Å². The van der Waals surface area contributed by atoms with E-state index in [2.05, 4.69) is 10.6 Å². The monoisotopic (exact) mass is 576 g/mol. The second-order valence-electron chi connectivity index (χ2n) is 12.0. The average molecular weight is 577 g/mol. The first-order chi connectivity index (χ1) is 20.2. The van der Waals surface area contributed by atoms with E-state index in [0.29, 0.717) is 45.4 Å². The van der Waals surface area contributed by atoms with Gasteiger partial charge in [-0.15, -0.1) is 0 Å². The number of piperidine rings is 1. The molecule has 0 saturated carbocycles. The van der Waals surface area contributed by atoms with Gasteiger partial charge in [-0.3, -0.25) is 14.4 Å².